The average molecular weight is 268 g/mol. The SMILES string of the molecule is NCCN=C(c1ccccc1)c1ccccc1C(=O)O. The van der Waals surface area contributed by atoms with Crippen LogP contribution in [0.3, 0.4) is 0 Å². The van der Waals surface area contributed by atoms with Crippen LogP contribution in [0, 0.1) is 0 Å². The van der Waals surface area contributed by atoms with Gasteiger partial charge in [-0.05, 0) is 6.07 Å². The van der Waals surface area contributed by atoms with Crippen LogP contribution in [0.1, 0.15) is 21.5 Å². The first-order valence-electron chi connectivity index (χ1n) is 6.36. The van der Waals surface area contributed by atoms with E-state index in [4.69, 9.17) is 5.73 Å². The monoisotopic (exact) mass is 268 g/mol. The summed E-state index contributed by atoms with van der Waals surface area (Å²) in [6, 6.07) is 16.4. The van der Waals surface area contributed by atoms with Gasteiger partial charge in [0.1, 0.15) is 0 Å². The van der Waals surface area contributed by atoms with E-state index < -0.39 is 5.97 Å². The summed E-state index contributed by atoms with van der Waals surface area (Å²) in [5.74, 6) is -0.961. The second-order valence-electron chi connectivity index (χ2n) is 4.24. The van der Waals surface area contributed by atoms with Crippen molar-refractivity contribution in [3.8, 4) is 0 Å². The van der Waals surface area contributed by atoms with E-state index in [-0.39, 0.29) is 5.56 Å². The van der Waals surface area contributed by atoms with E-state index in [1.54, 1.807) is 18.2 Å². The van der Waals surface area contributed by atoms with Crippen LogP contribution in [-0.2, 0) is 0 Å². The molecule has 2 rings (SSSR count). The summed E-state index contributed by atoms with van der Waals surface area (Å²) in [6.45, 7) is 0.879. The van der Waals surface area contributed by atoms with Gasteiger partial charge in [0.25, 0.3) is 0 Å². The molecule has 0 fully saturated rings. The summed E-state index contributed by atoms with van der Waals surface area (Å²) >= 11 is 0. The highest BCUT2D eigenvalue weighted by Crippen LogP contribution is 2.16. The molecule has 102 valence electrons. The van der Waals surface area contributed by atoms with Gasteiger partial charge in [-0.25, -0.2) is 4.79 Å². The van der Waals surface area contributed by atoms with Crippen LogP contribution in [0.15, 0.2) is 59.6 Å². The Hall–Kier alpha value is -2.46. The lowest BCUT2D eigenvalue weighted by Gasteiger charge is -2.10. The number of hydrogen-bond donors (Lipinski definition) is 2. The van der Waals surface area contributed by atoms with Gasteiger partial charge in [0.2, 0.25) is 0 Å². The molecule has 4 nitrogen and oxygen atoms in total. The predicted octanol–water partition coefficient (Wildman–Crippen LogP) is 2.18. The van der Waals surface area contributed by atoms with Crippen molar-refractivity contribution in [3.63, 3.8) is 0 Å². The van der Waals surface area contributed by atoms with Crippen molar-refractivity contribution in [2.24, 2.45) is 10.7 Å². The van der Waals surface area contributed by atoms with Gasteiger partial charge < -0.3 is 10.8 Å². The van der Waals surface area contributed by atoms with E-state index in [0.717, 1.165) is 5.56 Å². The van der Waals surface area contributed by atoms with Gasteiger partial charge in [0.05, 0.1) is 17.8 Å². The highest BCUT2D eigenvalue weighted by Gasteiger charge is 2.15. The van der Waals surface area contributed by atoms with E-state index in [1.807, 2.05) is 36.4 Å². The molecule has 0 aromatic heterocycles. The summed E-state index contributed by atoms with van der Waals surface area (Å²) in [4.78, 5) is 15.8. The molecule has 0 aliphatic heterocycles. The molecule has 20 heavy (non-hydrogen) atoms. The standard InChI is InChI=1S/C16H16N2O2/c17-10-11-18-15(12-6-2-1-3-7-12)13-8-4-5-9-14(13)16(19)20/h1-9H,10-11,17H2,(H,19,20). The molecule has 0 atom stereocenters. The summed E-state index contributed by atoms with van der Waals surface area (Å²) in [5.41, 5.74) is 7.91. The molecule has 0 heterocycles. The number of aliphatic imine (C=N–C) groups is 1. The molecule has 3 N–H and O–H groups in total. The lowest BCUT2D eigenvalue weighted by atomic mass is 9.97. The number of carbonyl (C=O) groups is 1. The Labute approximate surface area is 117 Å². The average Bonchev–Trinajstić information content (AvgIpc) is 2.49. The lowest BCUT2D eigenvalue weighted by molar-refractivity contribution is 0.0696. The van der Waals surface area contributed by atoms with Crippen molar-refractivity contribution in [1.29, 1.82) is 0 Å². The number of aromatic carboxylic acids is 1. The van der Waals surface area contributed by atoms with Gasteiger partial charge in [-0.15, -0.1) is 0 Å². The van der Waals surface area contributed by atoms with Crippen LogP contribution < -0.4 is 5.73 Å². The first kappa shape index (κ1) is 14.0. The number of carboxylic acids is 1. The summed E-state index contributed by atoms with van der Waals surface area (Å²) in [6.07, 6.45) is 0. The predicted molar refractivity (Wildman–Crippen MR) is 79.4 cm³/mol. The van der Waals surface area contributed by atoms with Crippen LogP contribution in [0.5, 0.6) is 0 Å². The third kappa shape index (κ3) is 3.10. The third-order valence-electron chi connectivity index (χ3n) is 2.86. The highest BCUT2D eigenvalue weighted by atomic mass is 16.4. The minimum absolute atomic E-state index is 0.243. The molecule has 2 aromatic rings. The highest BCUT2D eigenvalue weighted by molar-refractivity contribution is 6.17. The molecular weight excluding hydrogens is 252 g/mol. The zero-order valence-electron chi connectivity index (χ0n) is 11.0. The second-order valence-corrected chi connectivity index (χ2v) is 4.24. The van der Waals surface area contributed by atoms with E-state index in [1.165, 1.54) is 0 Å². The number of hydrogen-bond acceptors (Lipinski definition) is 3. The van der Waals surface area contributed by atoms with Crippen LogP contribution in [0.25, 0.3) is 0 Å². The third-order valence-corrected chi connectivity index (χ3v) is 2.86. The largest absolute Gasteiger partial charge is 0.478 e. The number of nitrogens with zero attached hydrogens (tertiary/aromatic N) is 1. The minimum atomic E-state index is -0.961. The Morgan fingerprint density at radius 3 is 2.20 bits per heavy atom. The van der Waals surface area contributed by atoms with Gasteiger partial charge >= 0.3 is 5.97 Å². The quantitative estimate of drug-likeness (QED) is 0.816. The molecule has 2 aromatic carbocycles. The Morgan fingerprint density at radius 2 is 1.60 bits per heavy atom. The van der Waals surface area contributed by atoms with E-state index in [2.05, 4.69) is 4.99 Å². The Kier molecular flexibility index (Phi) is 4.63. The Morgan fingerprint density at radius 1 is 1.00 bits per heavy atom. The van der Waals surface area contributed by atoms with Crippen molar-refractivity contribution in [1.82, 2.24) is 0 Å². The molecule has 0 unspecified atom stereocenters. The van der Waals surface area contributed by atoms with Crippen molar-refractivity contribution >= 4 is 11.7 Å². The van der Waals surface area contributed by atoms with Crippen molar-refractivity contribution in [2.75, 3.05) is 13.1 Å². The van der Waals surface area contributed by atoms with E-state index in [9.17, 15) is 9.90 Å². The van der Waals surface area contributed by atoms with Gasteiger partial charge in [-0.3, -0.25) is 4.99 Å². The fourth-order valence-corrected chi connectivity index (χ4v) is 1.98. The summed E-state index contributed by atoms with van der Waals surface area (Å²) in [7, 11) is 0. The van der Waals surface area contributed by atoms with Gasteiger partial charge in [-0.2, -0.15) is 0 Å². The molecule has 0 radical (unpaired) electrons. The Balaban J connectivity index is 2.56. The van der Waals surface area contributed by atoms with Crippen molar-refractivity contribution < 1.29 is 9.90 Å². The van der Waals surface area contributed by atoms with Crippen LogP contribution in [-0.4, -0.2) is 29.9 Å². The molecule has 0 saturated heterocycles. The zero-order valence-corrected chi connectivity index (χ0v) is 11.0. The zero-order chi connectivity index (χ0) is 14.4. The maximum atomic E-state index is 11.4. The first-order valence-corrected chi connectivity index (χ1v) is 6.36. The smallest absolute Gasteiger partial charge is 0.336 e. The van der Waals surface area contributed by atoms with Crippen LogP contribution >= 0.6 is 0 Å². The molecule has 4 heteroatoms. The number of carboxylic acid groups (broad SMARTS) is 1. The van der Waals surface area contributed by atoms with Crippen molar-refractivity contribution in [3.05, 3.63) is 71.3 Å². The van der Waals surface area contributed by atoms with Crippen LogP contribution in [0.4, 0.5) is 0 Å². The van der Waals surface area contributed by atoms with Gasteiger partial charge in [0.15, 0.2) is 0 Å². The van der Waals surface area contributed by atoms with Crippen LogP contribution in [0.2, 0.25) is 0 Å². The maximum Gasteiger partial charge on any atom is 0.336 e. The molecule has 0 bridgehead atoms. The molecule has 0 spiro atoms. The molecular formula is C16H16N2O2. The number of benzene rings is 2. The lowest BCUT2D eigenvalue weighted by Crippen LogP contribution is -2.13. The molecule has 0 saturated carbocycles. The molecule has 0 amide bonds. The maximum absolute atomic E-state index is 11.4. The Bertz CT molecular complexity index is 621. The van der Waals surface area contributed by atoms with E-state index in [0.29, 0.717) is 24.4 Å². The van der Waals surface area contributed by atoms with Gasteiger partial charge in [-0.1, -0.05) is 48.5 Å². The normalized spacial score (nSPS) is 11.3. The first-order chi connectivity index (χ1) is 9.74. The number of nitrogens with two attached hydrogens (primary N) is 1. The summed E-state index contributed by atoms with van der Waals surface area (Å²) < 4.78 is 0. The van der Waals surface area contributed by atoms with Crippen molar-refractivity contribution in [2.45, 2.75) is 0 Å². The number of rotatable bonds is 5. The summed E-state index contributed by atoms with van der Waals surface area (Å²) in [5, 5.41) is 9.31. The van der Waals surface area contributed by atoms with Gasteiger partial charge in [0, 0.05) is 17.7 Å². The fourth-order valence-electron chi connectivity index (χ4n) is 1.98. The molecule has 0 aliphatic carbocycles. The minimum Gasteiger partial charge on any atom is -0.478 e. The second kappa shape index (κ2) is 6.63. The topological polar surface area (TPSA) is 75.7 Å². The molecule has 0 aliphatic rings. The van der Waals surface area contributed by atoms with E-state index >= 15 is 0 Å². The fraction of sp³-hybridized carbons (Fsp3) is 0.125.